The first-order valence-electron chi connectivity index (χ1n) is 10.5. The zero-order chi connectivity index (χ0) is 22.2. The van der Waals surface area contributed by atoms with Crippen molar-refractivity contribution in [3.63, 3.8) is 0 Å². The highest BCUT2D eigenvalue weighted by atomic mass is 79.9. The number of hydrazone groups is 1. The van der Waals surface area contributed by atoms with E-state index in [9.17, 15) is 4.79 Å². The number of aryl methyl sites for hydroxylation is 1. The van der Waals surface area contributed by atoms with Crippen LogP contribution in [0.2, 0.25) is 0 Å². The summed E-state index contributed by atoms with van der Waals surface area (Å²) in [4.78, 5) is 17.6. The fourth-order valence-electron chi connectivity index (χ4n) is 3.42. The van der Waals surface area contributed by atoms with Gasteiger partial charge < -0.3 is 5.32 Å². The third-order valence-corrected chi connectivity index (χ3v) is 5.46. The van der Waals surface area contributed by atoms with Gasteiger partial charge in [0.25, 0.3) is 5.91 Å². The van der Waals surface area contributed by atoms with Crippen molar-refractivity contribution in [2.45, 2.75) is 12.8 Å². The fraction of sp³-hybridized carbons (Fsp3) is 0.115. The molecule has 32 heavy (non-hydrogen) atoms. The van der Waals surface area contributed by atoms with Crippen molar-refractivity contribution in [2.24, 2.45) is 5.10 Å². The molecule has 0 unspecified atom stereocenters. The first-order chi connectivity index (χ1) is 15.7. The molecule has 0 radical (unpaired) electrons. The number of fused-ring (bicyclic) bond motifs is 1. The maximum Gasteiger partial charge on any atom is 0.252 e. The Hall–Kier alpha value is -3.51. The van der Waals surface area contributed by atoms with Crippen molar-refractivity contribution in [3.05, 3.63) is 106 Å². The van der Waals surface area contributed by atoms with Gasteiger partial charge in [0.1, 0.15) is 0 Å². The Morgan fingerprint density at radius 2 is 1.78 bits per heavy atom. The Bertz CT molecular complexity index is 1240. The molecule has 0 saturated carbocycles. The number of aromatic nitrogens is 1. The van der Waals surface area contributed by atoms with Gasteiger partial charge in [0, 0.05) is 16.4 Å². The van der Waals surface area contributed by atoms with Crippen LogP contribution < -0.4 is 10.7 Å². The number of carbonyl (C=O) groups excluding carboxylic acids is 1. The van der Waals surface area contributed by atoms with Crippen LogP contribution in [0.4, 0.5) is 5.69 Å². The van der Waals surface area contributed by atoms with E-state index in [2.05, 4.69) is 48.9 Å². The number of benzene rings is 3. The molecule has 3 aromatic carbocycles. The summed E-state index contributed by atoms with van der Waals surface area (Å²) in [5.41, 5.74) is 7.08. The summed E-state index contributed by atoms with van der Waals surface area (Å²) < 4.78 is 0.966. The number of nitrogens with zero attached hydrogens (tertiary/aromatic N) is 2. The number of rotatable bonds is 8. The van der Waals surface area contributed by atoms with Gasteiger partial charge in [-0.05, 0) is 48.7 Å². The quantitative estimate of drug-likeness (QED) is 0.187. The Kier molecular flexibility index (Phi) is 7.25. The molecule has 0 aliphatic rings. The lowest BCUT2D eigenvalue weighted by Crippen LogP contribution is -2.25. The van der Waals surface area contributed by atoms with Gasteiger partial charge in [-0.3, -0.25) is 10.2 Å². The lowest BCUT2D eigenvalue weighted by atomic mass is 10.1. The molecule has 0 fully saturated rings. The van der Waals surface area contributed by atoms with Crippen molar-refractivity contribution in [1.82, 2.24) is 10.3 Å². The first kappa shape index (κ1) is 21.7. The van der Waals surface area contributed by atoms with Gasteiger partial charge in [-0.15, -0.1) is 0 Å². The summed E-state index contributed by atoms with van der Waals surface area (Å²) in [6.45, 7) is 0.609. The second kappa shape index (κ2) is 10.7. The Balaban J connectivity index is 1.46. The highest BCUT2D eigenvalue weighted by Gasteiger charge is 2.12. The number of nitrogens with one attached hydrogen (secondary N) is 2. The Labute approximate surface area is 195 Å². The molecule has 1 heterocycles. The number of para-hydroxylation sites is 1. The minimum atomic E-state index is -0.105. The number of hydrogen-bond acceptors (Lipinski definition) is 4. The standard InChI is InChI=1S/C26H23BrN4O/c27-20-11-6-12-21(16-20)31-29-18-22-17-24(23-13-4-5-14-25(23)30-22)26(32)28-15-7-10-19-8-2-1-3-9-19/h1-6,8-9,11-14,16-18,31H,7,10,15H2,(H,28,32)/b29-18+. The maximum atomic E-state index is 13.0. The van der Waals surface area contributed by atoms with Crippen molar-refractivity contribution in [1.29, 1.82) is 0 Å². The summed E-state index contributed by atoms with van der Waals surface area (Å²) in [5.74, 6) is -0.105. The minimum absolute atomic E-state index is 0.105. The summed E-state index contributed by atoms with van der Waals surface area (Å²) in [5, 5.41) is 8.15. The van der Waals surface area contributed by atoms with Crippen LogP contribution in [0.5, 0.6) is 0 Å². The average molecular weight is 487 g/mol. The van der Waals surface area contributed by atoms with Crippen LogP contribution in [0.1, 0.15) is 28.0 Å². The molecule has 6 heteroatoms. The number of amides is 1. The van der Waals surface area contributed by atoms with E-state index in [1.807, 2.05) is 66.7 Å². The van der Waals surface area contributed by atoms with Crippen LogP contribution in [0, 0.1) is 0 Å². The highest BCUT2D eigenvalue weighted by Crippen LogP contribution is 2.19. The molecular weight excluding hydrogens is 464 g/mol. The molecule has 1 amide bonds. The van der Waals surface area contributed by atoms with Crippen molar-refractivity contribution in [3.8, 4) is 0 Å². The van der Waals surface area contributed by atoms with Gasteiger partial charge in [0.2, 0.25) is 0 Å². The molecule has 5 nitrogen and oxygen atoms in total. The van der Waals surface area contributed by atoms with Crippen LogP contribution in [0.25, 0.3) is 10.9 Å². The topological polar surface area (TPSA) is 66.4 Å². The van der Waals surface area contributed by atoms with Crippen molar-refractivity contribution >= 4 is 44.6 Å². The Morgan fingerprint density at radius 1 is 0.969 bits per heavy atom. The van der Waals surface area contributed by atoms with Crippen LogP contribution in [-0.4, -0.2) is 23.7 Å². The summed E-state index contributed by atoms with van der Waals surface area (Å²) >= 11 is 3.44. The second-order valence-corrected chi connectivity index (χ2v) is 8.25. The Morgan fingerprint density at radius 3 is 2.62 bits per heavy atom. The van der Waals surface area contributed by atoms with E-state index in [-0.39, 0.29) is 5.91 Å². The molecular formula is C26H23BrN4O. The van der Waals surface area contributed by atoms with Crippen LogP contribution in [0.15, 0.2) is 94.5 Å². The predicted molar refractivity (Wildman–Crippen MR) is 134 cm³/mol. The molecule has 2 N–H and O–H groups in total. The third-order valence-electron chi connectivity index (χ3n) is 4.97. The number of pyridine rings is 1. The van der Waals surface area contributed by atoms with E-state index in [1.54, 1.807) is 12.3 Å². The molecule has 0 aliphatic carbocycles. The smallest absolute Gasteiger partial charge is 0.252 e. The van der Waals surface area contributed by atoms with E-state index in [0.717, 1.165) is 33.9 Å². The van der Waals surface area contributed by atoms with E-state index in [0.29, 0.717) is 17.8 Å². The normalized spacial score (nSPS) is 11.0. The summed E-state index contributed by atoms with van der Waals surface area (Å²) in [7, 11) is 0. The zero-order valence-electron chi connectivity index (χ0n) is 17.5. The molecule has 0 aliphatic heterocycles. The maximum absolute atomic E-state index is 13.0. The SMILES string of the molecule is O=C(NCCCc1ccccc1)c1cc(/C=N/Nc2cccc(Br)c2)nc2ccccc12. The summed E-state index contributed by atoms with van der Waals surface area (Å²) in [6.07, 6.45) is 3.43. The number of hydrogen-bond donors (Lipinski definition) is 2. The number of anilines is 1. The van der Waals surface area contributed by atoms with E-state index >= 15 is 0 Å². The van der Waals surface area contributed by atoms with Gasteiger partial charge in [-0.1, -0.05) is 70.5 Å². The van der Waals surface area contributed by atoms with Gasteiger partial charge in [0.15, 0.2) is 0 Å². The van der Waals surface area contributed by atoms with Crippen molar-refractivity contribution in [2.75, 3.05) is 12.0 Å². The molecule has 0 atom stereocenters. The molecule has 0 bridgehead atoms. The van der Waals surface area contributed by atoms with Gasteiger partial charge in [0.05, 0.1) is 28.7 Å². The van der Waals surface area contributed by atoms with E-state index < -0.39 is 0 Å². The minimum Gasteiger partial charge on any atom is -0.352 e. The first-order valence-corrected chi connectivity index (χ1v) is 11.2. The monoisotopic (exact) mass is 486 g/mol. The van der Waals surface area contributed by atoms with E-state index in [1.165, 1.54) is 5.56 Å². The molecule has 160 valence electrons. The second-order valence-electron chi connectivity index (χ2n) is 7.34. The molecule has 4 rings (SSSR count). The molecule has 4 aromatic rings. The van der Waals surface area contributed by atoms with Gasteiger partial charge in [-0.25, -0.2) is 4.98 Å². The predicted octanol–water partition coefficient (Wildman–Crippen LogP) is 5.81. The van der Waals surface area contributed by atoms with Gasteiger partial charge >= 0.3 is 0 Å². The fourth-order valence-corrected chi connectivity index (χ4v) is 3.81. The van der Waals surface area contributed by atoms with Gasteiger partial charge in [-0.2, -0.15) is 5.10 Å². The molecule has 0 spiro atoms. The lowest BCUT2D eigenvalue weighted by Gasteiger charge is -2.09. The average Bonchev–Trinajstić information content (AvgIpc) is 2.82. The zero-order valence-corrected chi connectivity index (χ0v) is 19.0. The summed E-state index contributed by atoms with van der Waals surface area (Å²) in [6, 6.07) is 27.4. The molecule has 1 aromatic heterocycles. The van der Waals surface area contributed by atoms with Crippen LogP contribution in [-0.2, 0) is 6.42 Å². The largest absolute Gasteiger partial charge is 0.352 e. The van der Waals surface area contributed by atoms with Crippen LogP contribution >= 0.6 is 15.9 Å². The van der Waals surface area contributed by atoms with Crippen molar-refractivity contribution < 1.29 is 4.79 Å². The lowest BCUT2D eigenvalue weighted by molar-refractivity contribution is 0.0955. The number of halogens is 1. The van der Waals surface area contributed by atoms with E-state index in [4.69, 9.17) is 0 Å². The highest BCUT2D eigenvalue weighted by molar-refractivity contribution is 9.10. The molecule has 0 saturated heterocycles. The third kappa shape index (κ3) is 5.80. The number of carbonyl (C=O) groups is 1. The van der Waals surface area contributed by atoms with Crippen LogP contribution in [0.3, 0.4) is 0 Å².